The minimum atomic E-state index is 0.909. The number of fused-ring (bicyclic) bond motifs is 8. The molecule has 0 aliphatic rings. The van der Waals surface area contributed by atoms with Gasteiger partial charge < -0.3 is 8.83 Å². The Balaban J connectivity index is 1.12. The first kappa shape index (κ1) is 28.9. The molecule has 2 aromatic heterocycles. The standard InChI is InChI=1S/C50H30O2/c1-2-20-40-39(19-1)47(33-15-9-13-31(29-33)35-23-11-25-43-37-17-5-7-27-45(37)51-49(35)43)41-21-3-4-22-42(41)48(40)34-16-10-14-32(30-34)36-24-12-26-44-38-18-6-8-28-46(38)52-50(36)44/h1-30H. The fourth-order valence-corrected chi connectivity index (χ4v) is 8.38. The highest BCUT2D eigenvalue weighted by molar-refractivity contribution is 6.22. The van der Waals surface area contributed by atoms with Crippen LogP contribution < -0.4 is 0 Å². The van der Waals surface area contributed by atoms with E-state index in [2.05, 4.69) is 158 Å². The Kier molecular flexibility index (Phi) is 6.28. The second-order valence-electron chi connectivity index (χ2n) is 13.6. The van der Waals surface area contributed by atoms with Crippen molar-refractivity contribution in [2.75, 3.05) is 0 Å². The number of hydrogen-bond donors (Lipinski definition) is 0. The van der Waals surface area contributed by atoms with Crippen molar-refractivity contribution in [1.29, 1.82) is 0 Å². The molecule has 0 N–H and O–H groups in total. The van der Waals surface area contributed by atoms with E-state index in [0.29, 0.717) is 0 Å². The van der Waals surface area contributed by atoms with Crippen LogP contribution in [-0.4, -0.2) is 0 Å². The summed E-state index contributed by atoms with van der Waals surface area (Å²) in [6.07, 6.45) is 0. The molecule has 0 amide bonds. The van der Waals surface area contributed by atoms with Crippen molar-refractivity contribution in [3.05, 3.63) is 182 Å². The first-order valence-corrected chi connectivity index (χ1v) is 17.8. The van der Waals surface area contributed by atoms with E-state index in [-0.39, 0.29) is 0 Å². The quantitative estimate of drug-likeness (QED) is 0.175. The van der Waals surface area contributed by atoms with Crippen molar-refractivity contribution >= 4 is 65.4 Å². The number of benzene rings is 9. The highest BCUT2D eigenvalue weighted by Gasteiger charge is 2.19. The van der Waals surface area contributed by atoms with Gasteiger partial charge in [0.15, 0.2) is 0 Å². The van der Waals surface area contributed by atoms with Crippen molar-refractivity contribution in [2.45, 2.75) is 0 Å². The van der Waals surface area contributed by atoms with Crippen molar-refractivity contribution in [1.82, 2.24) is 0 Å². The smallest absolute Gasteiger partial charge is 0.143 e. The lowest BCUT2D eigenvalue weighted by Crippen LogP contribution is -1.91. The van der Waals surface area contributed by atoms with Crippen LogP contribution in [0.15, 0.2) is 191 Å². The molecule has 0 radical (unpaired) electrons. The molecule has 52 heavy (non-hydrogen) atoms. The summed E-state index contributed by atoms with van der Waals surface area (Å²) in [4.78, 5) is 0. The van der Waals surface area contributed by atoms with Crippen molar-refractivity contribution < 1.29 is 8.83 Å². The van der Waals surface area contributed by atoms with E-state index in [1.807, 2.05) is 24.3 Å². The highest BCUT2D eigenvalue weighted by atomic mass is 16.3. The third-order valence-corrected chi connectivity index (χ3v) is 10.7. The Bertz CT molecular complexity index is 2920. The lowest BCUT2D eigenvalue weighted by Gasteiger charge is -2.18. The van der Waals surface area contributed by atoms with Gasteiger partial charge in [-0.15, -0.1) is 0 Å². The van der Waals surface area contributed by atoms with Gasteiger partial charge in [-0.25, -0.2) is 0 Å². The summed E-state index contributed by atoms with van der Waals surface area (Å²) in [5, 5.41) is 9.44. The molecule has 0 saturated heterocycles. The minimum absolute atomic E-state index is 0.909. The third kappa shape index (κ3) is 4.31. The summed E-state index contributed by atoms with van der Waals surface area (Å²) in [5.74, 6) is 0. The summed E-state index contributed by atoms with van der Waals surface area (Å²) >= 11 is 0. The lowest BCUT2D eigenvalue weighted by molar-refractivity contribution is 0.669. The zero-order valence-corrected chi connectivity index (χ0v) is 28.1. The molecule has 0 aliphatic carbocycles. The van der Waals surface area contributed by atoms with Crippen LogP contribution in [0.4, 0.5) is 0 Å². The number of furan rings is 2. The summed E-state index contributed by atoms with van der Waals surface area (Å²) in [7, 11) is 0. The molecule has 242 valence electrons. The average Bonchev–Trinajstić information content (AvgIpc) is 3.79. The zero-order chi connectivity index (χ0) is 34.2. The average molecular weight is 663 g/mol. The molecule has 9 aromatic carbocycles. The number of hydrogen-bond acceptors (Lipinski definition) is 2. The molecule has 2 nitrogen and oxygen atoms in total. The maximum atomic E-state index is 6.46. The Morgan fingerprint density at radius 2 is 0.577 bits per heavy atom. The maximum absolute atomic E-state index is 6.46. The second-order valence-corrected chi connectivity index (χ2v) is 13.6. The fraction of sp³-hybridized carbons (Fsp3) is 0. The molecule has 0 saturated carbocycles. The van der Waals surface area contributed by atoms with Crippen LogP contribution >= 0.6 is 0 Å². The SMILES string of the molecule is c1cc(-c2c3ccccc3c(-c3cccc(-c4cccc5c4oc4ccccc45)c3)c3ccccc23)cc(-c2cccc3c2oc2ccccc23)c1. The molecule has 0 fully saturated rings. The molecule has 2 heterocycles. The first-order chi connectivity index (χ1) is 25.8. The molecular formula is C50H30O2. The van der Waals surface area contributed by atoms with Gasteiger partial charge in [0.2, 0.25) is 0 Å². The molecule has 0 bridgehead atoms. The highest BCUT2D eigenvalue weighted by Crippen LogP contribution is 2.46. The number of rotatable bonds is 4. The van der Waals surface area contributed by atoms with Gasteiger partial charge in [0.1, 0.15) is 22.3 Å². The molecule has 11 aromatic rings. The van der Waals surface area contributed by atoms with Crippen LogP contribution in [0.25, 0.3) is 110 Å². The topological polar surface area (TPSA) is 26.3 Å². The van der Waals surface area contributed by atoms with Gasteiger partial charge in [-0.2, -0.15) is 0 Å². The second kappa shape index (κ2) is 11.3. The summed E-state index contributed by atoms with van der Waals surface area (Å²) in [6.45, 7) is 0. The Labute approximate surface area is 299 Å². The van der Waals surface area contributed by atoms with Crippen molar-refractivity contribution in [3.63, 3.8) is 0 Å². The van der Waals surface area contributed by atoms with Crippen LogP contribution in [0.1, 0.15) is 0 Å². The lowest BCUT2D eigenvalue weighted by atomic mass is 9.85. The van der Waals surface area contributed by atoms with Gasteiger partial charge >= 0.3 is 0 Å². The van der Waals surface area contributed by atoms with Crippen LogP contribution in [-0.2, 0) is 0 Å². The van der Waals surface area contributed by atoms with Gasteiger partial charge in [0.05, 0.1) is 0 Å². The van der Waals surface area contributed by atoms with E-state index in [1.165, 1.54) is 43.8 Å². The van der Waals surface area contributed by atoms with Crippen molar-refractivity contribution in [2.24, 2.45) is 0 Å². The van der Waals surface area contributed by atoms with E-state index in [4.69, 9.17) is 8.83 Å². The van der Waals surface area contributed by atoms with Gasteiger partial charge in [0, 0.05) is 32.7 Å². The van der Waals surface area contributed by atoms with E-state index in [0.717, 1.165) is 66.1 Å². The van der Waals surface area contributed by atoms with E-state index in [9.17, 15) is 0 Å². The summed E-state index contributed by atoms with van der Waals surface area (Å²) in [5.41, 5.74) is 12.9. The van der Waals surface area contributed by atoms with E-state index in [1.54, 1.807) is 0 Å². The van der Waals surface area contributed by atoms with Gasteiger partial charge in [0.25, 0.3) is 0 Å². The van der Waals surface area contributed by atoms with Gasteiger partial charge in [-0.05, 0) is 79.2 Å². The van der Waals surface area contributed by atoms with Crippen LogP contribution in [0, 0.1) is 0 Å². The van der Waals surface area contributed by atoms with Crippen LogP contribution in [0.2, 0.25) is 0 Å². The zero-order valence-electron chi connectivity index (χ0n) is 28.1. The third-order valence-electron chi connectivity index (χ3n) is 10.7. The Morgan fingerprint density at radius 1 is 0.250 bits per heavy atom. The fourth-order valence-electron chi connectivity index (χ4n) is 8.38. The predicted molar refractivity (Wildman–Crippen MR) is 218 cm³/mol. The van der Waals surface area contributed by atoms with Crippen LogP contribution in [0.3, 0.4) is 0 Å². The predicted octanol–water partition coefficient (Wildman–Crippen LogP) is 14.5. The Morgan fingerprint density at radius 3 is 1.00 bits per heavy atom. The largest absolute Gasteiger partial charge is 0.455 e. The molecule has 0 spiro atoms. The molecule has 0 atom stereocenters. The van der Waals surface area contributed by atoms with E-state index < -0.39 is 0 Å². The normalized spacial score (nSPS) is 11.8. The monoisotopic (exact) mass is 662 g/mol. The van der Waals surface area contributed by atoms with Gasteiger partial charge in [-0.1, -0.05) is 158 Å². The summed E-state index contributed by atoms with van der Waals surface area (Å²) in [6, 6.07) is 65.0. The number of para-hydroxylation sites is 4. The first-order valence-electron chi connectivity index (χ1n) is 17.8. The summed E-state index contributed by atoms with van der Waals surface area (Å²) < 4.78 is 12.9. The molecular weight excluding hydrogens is 633 g/mol. The van der Waals surface area contributed by atoms with Crippen LogP contribution in [0.5, 0.6) is 0 Å². The minimum Gasteiger partial charge on any atom is -0.455 e. The molecule has 11 rings (SSSR count). The van der Waals surface area contributed by atoms with E-state index >= 15 is 0 Å². The molecule has 0 aliphatic heterocycles. The van der Waals surface area contributed by atoms with Crippen molar-refractivity contribution in [3.8, 4) is 44.5 Å². The maximum Gasteiger partial charge on any atom is 0.143 e. The molecule has 2 heteroatoms. The molecule has 0 unspecified atom stereocenters. The Hall–Kier alpha value is -6.90. The van der Waals surface area contributed by atoms with Gasteiger partial charge in [-0.3, -0.25) is 0 Å².